The maximum atomic E-state index is 12.7. The highest BCUT2D eigenvalue weighted by atomic mass is 35.5. The molecule has 0 aliphatic carbocycles. The number of anilines is 1. The van der Waals surface area contributed by atoms with Crippen LogP contribution in [0.1, 0.15) is 30.1 Å². The van der Waals surface area contributed by atoms with Crippen LogP contribution >= 0.6 is 22.9 Å². The minimum Gasteiger partial charge on any atom is -0.462 e. The largest absolute Gasteiger partial charge is 0.462 e. The fourth-order valence-corrected chi connectivity index (χ4v) is 5.99. The highest BCUT2D eigenvalue weighted by Gasteiger charge is 2.33. The van der Waals surface area contributed by atoms with Gasteiger partial charge in [-0.2, -0.15) is 4.31 Å². The van der Waals surface area contributed by atoms with E-state index in [-0.39, 0.29) is 33.9 Å². The van der Waals surface area contributed by atoms with E-state index in [1.807, 2.05) is 0 Å². The number of thiophene rings is 1. The monoisotopic (exact) mass is 456 g/mol. The molecule has 0 spiro atoms. The van der Waals surface area contributed by atoms with E-state index < -0.39 is 21.9 Å². The first-order valence-electron chi connectivity index (χ1n) is 9.14. The maximum Gasteiger partial charge on any atom is 0.339 e. The van der Waals surface area contributed by atoms with Crippen molar-refractivity contribution in [3.63, 3.8) is 0 Å². The number of rotatable bonds is 6. The van der Waals surface area contributed by atoms with Crippen molar-refractivity contribution < 1.29 is 22.7 Å². The molecule has 1 saturated heterocycles. The number of hydrogen-bond donors (Lipinski definition) is 1. The molecule has 0 saturated carbocycles. The van der Waals surface area contributed by atoms with E-state index in [1.54, 1.807) is 30.5 Å². The number of halogens is 1. The van der Waals surface area contributed by atoms with Crippen LogP contribution in [-0.4, -0.2) is 44.3 Å². The Bertz CT molecular complexity index is 992. The second-order valence-electron chi connectivity index (χ2n) is 6.54. The number of nitrogens with one attached hydrogen (secondary N) is 1. The molecule has 1 atom stereocenters. The van der Waals surface area contributed by atoms with Crippen molar-refractivity contribution in [3.05, 3.63) is 46.3 Å². The molecular formula is C19H21ClN2O5S2. The summed E-state index contributed by atoms with van der Waals surface area (Å²) in [6.07, 6.45) is 1.18. The summed E-state index contributed by atoms with van der Waals surface area (Å²) < 4.78 is 32.1. The van der Waals surface area contributed by atoms with Gasteiger partial charge in [-0.3, -0.25) is 4.79 Å². The number of nitrogens with zero attached hydrogens (tertiary/aromatic N) is 1. The van der Waals surface area contributed by atoms with E-state index in [4.69, 9.17) is 16.3 Å². The Morgan fingerprint density at radius 2 is 2.14 bits per heavy atom. The molecule has 156 valence electrons. The van der Waals surface area contributed by atoms with E-state index in [1.165, 1.54) is 16.4 Å². The Balaban J connectivity index is 1.71. The highest BCUT2D eigenvalue weighted by Crippen LogP contribution is 2.28. The van der Waals surface area contributed by atoms with Crippen molar-refractivity contribution in [1.29, 1.82) is 0 Å². The number of sulfonamides is 1. The first-order chi connectivity index (χ1) is 13.8. The SMILES string of the molecule is CCOC(=O)c1cc(NC(=O)[C@@H]2CCCN(S(=O)(=O)c3cccs3)C2)ccc1Cl. The molecule has 0 unspecified atom stereocenters. The Hall–Kier alpha value is -1.94. The molecule has 1 aromatic heterocycles. The standard InChI is InChI=1S/C19H21ClN2O5S2/c1-2-27-19(24)15-11-14(7-8-16(15)20)21-18(23)13-5-3-9-22(12-13)29(25,26)17-6-4-10-28-17/h4,6-8,10-11,13H,2-3,5,9,12H2,1H3,(H,21,23)/t13-/m1/s1. The van der Waals surface area contributed by atoms with E-state index >= 15 is 0 Å². The van der Waals surface area contributed by atoms with Crippen LogP contribution in [0.3, 0.4) is 0 Å². The summed E-state index contributed by atoms with van der Waals surface area (Å²) in [5.74, 6) is -1.35. The van der Waals surface area contributed by atoms with Crippen molar-refractivity contribution >= 4 is 50.5 Å². The third-order valence-electron chi connectivity index (χ3n) is 4.57. The van der Waals surface area contributed by atoms with Gasteiger partial charge in [-0.1, -0.05) is 17.7 Å². The minimum absolute atomic E-state index is 0.115. The third kappa shape index (κ3) is 4.98. The summed E-state index contributed by atoms with van der Waals surface area (Å²) in [5.41, 5.74) is 0.567. The highest BCUT2D eigenvalue weighted by molar-refractivity contribution is 7.91. The molecule has 0 radical (unpaired) electrons. The van der Waals surface area contributed by atoms with Crippen molar-refractivity contribution in [2.75, 3.05) is 25.0 Å². The number of benzene rings is 1. The molecule has 2 aromatic rings. The van der Waals surface area contributed by atoms with Crippen LogP contribution in [0.5, 0.6) is 0 Å². The molecule has 0 bridgehead atoms. The molecule has 1 aliphatic heterocycles. The maximum absolute atomic E-state index is 12.7. The zero-order chi connectivity index (χ0) is 21.0. The molecular weight excluding hydrogens is 436 g/mol. The second kappa shape index (κ2) is 9.25. The van der Waals surface area contributed by atoms with Gasteiger partial charge >= 0.3 is 5.97 Å². The molecule has 1 aromatic carbocycles. The van der Waals surface area contributed by atoms with Gasteiger partial charge in [0.05, 0.1) is 23.1 Å². The first-order valence-corrected chi connectivity index (χ1v) is 11.8. The molecule has 1 amide bonds. The molecule has 1 N–H and O–H groups in total. The number of piperidine rings is 1. The number of carbonyl (C=O) groups is 2. The molecule has 3 rings (SSSR count). The summed E-state index contributed by atoms with van der Waals surface area (Å²) in [4.78, 5) is 24.7. The first kappa shape index (κ1) is 21.8. The smallest absolute Gasteiger partial charge is 0.339 e. The summed E-state index contributed by atoms with van der Waals surface area (Å²) in [5, 5.41) is 4.70. The van der Waals surface area contributed by atoms with Gasteiger partial charge in [-0.15, -0.1) is 11.3 Å². The quantitative estimate of drug-likeness (QED) is 0.670. The number of carbonyl (C=O) groups excluding carboxylic acids is 2. The van der Waals surface area contributed by atoms with Crippen LogP contribution in [0.25, 0.3) is 0 Å². The van der Waals surface area contributed by atoms with Crippen molar-refractivity contribution in [2.24, 2.45) is 5.92 Å². The predicted octanol–water partition coefficient (Wildman–Crippen LogP) is 3.62. The molecule has 1 aliphatic rings. The summed E-state index contributed by atoms with van der Waals surface area (Å²) in [7, 11) is -3.59. The van der Waals surface area contributed by atoms with E-state index in [0.717, 1.165) is 11.3 Å². The number of amides is 1. The average Bonchev–Trinajstić information content (AvgIpc) is 3.25. The van der Waals surface area contributed by atoms with Crippen LogP contribution in [-0.2, 0) is 19.6 Å². The fraction of sp³-hybridized carbons (Fsp3) is 0.368. The van der Waals surface area contributed by atoms with Crippen molar-refractivity contribution in [2.45, 2.75) is 24.0 Å². The van der Waals surface area contributed by atoms with Gasteiger partial charge < -0.3 is 10.1 Å². The second-order valence-corrected chi connectivity index (χ2v) is 10.1. The zero-order valence-corrected chi connectivity index (χ0v) is 18.1. The lowest BCUT2D eigenvalue weighted by Crippen LogP contribution is -2.43. The molecule has 29 heavy (non-hydrogen) atoms. The van der Waals surface area contributed by atoms with Crippen molar-refractivity contribution in [3.8, 4) is 0 Å². The molecule has 2 heterocycles. The van der Waals surface area contributed by atoms with Gasteiger partial charge in [0.25, 0.3) is 10.0 Å². The average molecular weight is 457 g/mol. The van der Waals surface area contributed by atoms with Crippen LogP contribution in [0.4, 0.5) is 5.69 Å². The molecule has 10 heteroatoms. The Morgan fingerprint density at radius 1 is 1.34 bits per heavy atom. The lowest BCUT2D eigenvalue weighted by Gasteiger charge is -2.30. The van der Waals surface area contributed by atoms with E-state index in [9.17, 15) is 18.0 Å². The van der Waals surface area contributed by atoms with Gasteiger partial charge in [-0.05, 0) is 49.4 Å². The lowest BCUT2D eigenvalue weighted by molar-refractivity contribution is -0.120. The van der Waals surface area contributed by atoms with Crippen LogP contribution in [0.15, 0.2) is 39.9 Å². The summed E-state index contributed by atoms with van der Waals surface area (Å²) in [6.45, 7) is 2.40. The topological polar surface area (TPSA) is 92.8 Å². The Labute approximate surface area is 178 Å². The van der Waals surface area contributed by atoms with Gasteiger partial charge in [0.1, 0.15) is 4.21 Å². The molecule has 1 fully saturated rings. The number of ether oxygens (including phenoxy) is 1. The van der Waals surface area contributed by atoms with Crippen LogP contribution in [0, 0.1) is 5.92 Å². The minimum atomic E-state index is -3.59. The zero-order valence-electron chi connectivity index (χ0n) is 15.8. The summed E-state index contributed by atoms with van der Waals surface area (Å²) >= 11 is 7.20. The Morgan fingerprint density at radius 3 is 2.83 bits per heavy atom. The third-order valence-corrected chi connectivity index (χ3v) is 8.14. The summed E-state index contributed by atoms with van der Waals surface area (Å²) in [6, 6.07) is 7.81. The van der Waals surface area contributed by atoms with Gasteiger partial charge in [0.15, 0.2) is 0 Å². The van der Waals surface area contributed by atoms with Gasteiger partial charge in [-0.25, -0.2) is 13.2 Å². The number of hydrogen-bond acceptors (Lipinski definition) is 6. The van der Waals surface area contributed by atoms with Gasteiger partial charge in [0.2, 0.25) is 5.91 Å². The van der Waals surface area contributed by atoms with Gasteiger partial charge in [0, 0.05) is 18.8 Å². The fourth-order valence-electron chi connectivity index (χ4n) is 3.12. The van der Waals surface area contributed by atoms with E-state index in [2.05, 4.69) is 5.32 Å². The van der Waals surface area contributed by atoms with E-state index in [0.29, 0.717) is 25.1 Å². The molecule has 7 nitrogen and oxygen atoms in total. The lowest BCUT2D eigenvalue weighted by atomic mass is 9.98. The normalized spacial score (nSPS) is 17.7. The Kier molecular flexibility index (Phi) is 6.94. The number of esters is 1. The van der Waals surface area contributed by atoms with Crippen LogP contribution < -0.4 is 5.32 Å². The van der Waals surface area contributed by atoms with Crippen LogP contribution in [0.2, 0.25) is 5.02 Å². The predicted molar refractivity (Wildman–Crippen MR) is 112 cm³/mol. The van der Waals surface area contributed by atoms with Crippen molar-refractivity contribution in [1.82, 2.24) is 4.31 Å².